The van der Waals surface area contributed by atoms with Gasteiger partial charge in [-0.15, -0.1) is 0 Å². The van der Waals surface area contributed by atoms with Gasteiger partial charge in [0, 0.05) is 11.5 Å². The van der Waals surface area contributed by atoms with E-state index in [9.17, 15) is 9.59 Å². The summed E-state index contributed by atoms with van der Waals surface area (Å²) in [6.45, 7) is 0. The van der Waals surface area contributed by atoms with Crippen molar-refractivity contribution >= 4 is 17.3 Å². The van der Waals surface area contributed by atoms with Gasteiger partial charge in [0.15, 0.2) is 11.9 Å². The van der Waals surface area contributed by atoms with Gasteiger partial charge in [-0.25, -0.2) is 4.79 Å². The van der Waals surface area contributed by atoms with Crippen LogP contribution in [-0.2, 0) is 0 Å². The van der Waals surface area contributed by atoms with E-state index in [0.717, 1.165) is 0 Å². The summed E-state index contributed by atoms with van der Waals surface area (Å²) in [7, 11) is 1.45. The molecule has 0 unspecified atom stereocenters. The highest BCUT2D eigenvalue weighted by Crippen LogP contribution is 2.24. The molecule has 4 nitrogen and oxygen atoms in total. The molecule has 0 aliphatic heterocycles. The molecule has 0 amide bonds. The third kappa shape index (κ3) is 1.50. The Morgan fingerprint density at radius 3 is 2.67 bits per heavy atom. The Balaban J connectivity index is 2.90. The molecular weight excluding hydrogens is 196 g/mol. The maximum absolute atomic E-state index is 11.0. The van der Waals surface area contributed by atoms with Crippen LogP contribution in [0.2, 0.25) is 0 Å². The monoisotopic (exact) mass is 204 g/mol. The van der Waals surface area contributed by atoms with Crippen LogP contribution in [0.1, 0.15) is 10.4 Å². The predicted molar refractivity (Wildman–Crippen MR) is 54.4 cm³/mol. The molecule has 0 aliphatic rings. The van der Waals surface area contributed by atoms with E-state index in [1.54, 1.807) is 18.2 Å². The van der Waals surface area contributed by atoms with Crippen LogP contribution in [0, 0.1) is 0 Å². The highest BCUT2D eigenvalue weighted by atomic mass is 16.5. The number of hydrogen-bond acceptors (Lipinski definition) is 4. The molecule has 0 saturated carbocycles. The van der Waals surface area contributed by atoms with Crippen LogP contribution in [0.4, 0.5) is 0 Å². The average molecular weight is 204 g/mol. The number of aldehydes is 1. The van der Waals surface area contributed by atoms with Gasteiger partial charge in [0.25, 0.3) is 0 Å². The second kappa shape index (κ2) is 3.57. The van der Waals surface area contributed by atoms with E-state index < -0.39 is 5.63 Å². The zero-order valence-corrected chi connectivity index (χ0v) is 8.02. The maximum atomic E-state index is 11.0. The van der Waals surface area contributed by atoms with Crippen molar-refractivity contribution < 1.29 is 13.9 Å². The number of hydrogen-bond donors (Lipinski definition) is 0. The van der Waals surface area contributed by atoms with Crippen molar-refractivity contribution in [3.8, 4) is 5.75 Å². The van der Waals surface area contributed by atoms with Crippen LogP contribution in [0.15, 0.2) is 33.5 Å². The lowest BCUT2D eigenvalue weighted by molar-refractivity contribution is 0.112. The summed E-state index contributed by atoms with van der Waals surface area (Å²) < 4.78 is 9.95. The third-order valence-electron chi connectivity index (χ3n) is 2.13. The second-order valence-electron chi connectivity index (χ2n) is 2.97. The summed E-state index contributed by atoms with van der Waals surface area (Å²) >= 11 is 0. The lowest BCUT2D eigenvalue weighted by Gasteiger charge is -2.04. The van der Waals surface area contributed by atoms with E-state index in [1.165, 1.54) is 13.2 Å². The molecule has 0 fully saturated rings. The Bertz CT molecular complexity index is 568. The van der Waals surface area contributed by atoms with Gasteiger partial charge in [0.05, 0.1) is 12.7 Å². The standard InChI is InChI=1S/C11H8O4/c1-14-9-4-2-7-3-5-10(13)15-11(7)8(9)6-12/h2-6H,1H3. The Morgan fingerprint density at radius 2 is 2.00 bits per heavy atom. The van der Waals surface area contributed by atoms with Crippen LogP contribution >= 0.6 is 0 Å². The van der Waals surface area contributed by atoms with Crippen molar-refractivity contribution in [3.05, 3.63) is 40.2 Å². The normalized spacial score (nSPS) is 10.2. The first kappa shape index (κ1) is 9.45. The largest absolute Gasteiger partial charge is 0.496 e. The average Bonchev–Trinajstić information content (AvgIpc) is 2.27. The van der Waals surface area contributed by atoms with Crippen LogP contribution in [0.25, 0.3) is 11.0 Å². The lowest BCUT2D eigenvalue weighted by Crippen LogP contribution is -1.98. The van der Waals surface area contributed by atoms with Crippen LogP contribution < -0.4 is 10.4 Å². The highest BCUT2D eigenvalue weighted by Gasteiger charge is 2.09. The molecule has 0 radical (unpaired) electrons. The molecule has 0 N–H and O–H groups in total. The molecule has 0 bridgehead atoms. The zero-order valence-electron chi connectivity index (χ0n) is 8.02. The van der Waals surface area contributed by atoms with Crippen LogP contribution in [0.5, 0.6) is 5.75 Å². The molecule has 1 aromatic heterocycles. The van der Waals surface area contributed by atoms with Crippen LogP contribution in [0.3, 0.4) is 0 Å². The van der Waals surface area contributed by atoms with E-state index in [1.807, 2.05) is 0 Å². The van der Waals surface area contributed by atoms with Crippen molar-refractivity contribution in [2.24, 2.45) is 0 Å². The smallest absolute Gasteiger partial charge is 0.336 e. The van der Waals surface area contributed by atoms with Gasteiger partial charge >= 0.3 is 5.63 Å². The third-order valence-corrected chi connectivity index (χ3v) is 2.13. The summed E-state index contributed by atoms with van der Waals surface area (Å²) in [5.41, 5.74) is 0.0309. The van der Waals surface area contributed by atoms with E-state index in [2.05, 4.69) is 0 Å². The van der Waals surface area contributed by atoms with Crippen molar-refractivity contribution in [2.45, 2.75) is 0 Å². The SMILES string of the molecule is COc1ccc2ccc(=O)oc2c1C=O. The van der Waals surface area contributed by atoms with Gasteiger partial charge in [0.2, 0.25) is 0 Å². The highest BCUT2D eigenvalue weighted by molar-refractivity contribution is 5.97. The number of carbonyl (C=O) groups excluding carboxylic acids is 1. The minimum Gasteiger partial charge on any atom is -0.496 e. The minimum absolute atomic E-state index is 0.257. The van der Waals surface area contributed by atoms with E-state index in [0.29, 0.717) is 17.4 Å². The predicted octanol–water partition coefficient (Wildman–Crippen LogP) is 1.61. The fourth-order valence-electron chi connectivity index (χ4n) is 1.43. The van der Waals surface area contributed by atoms with Gasteiger partial charge in [-0.2, -0.15) is 0 Å². The first-order valence-corrected chi connectivity index (χ1v) is 4.32. The van der Waals surface area contributed by atoms with Crippen molar-refractivity contribution in [2.75, 3.05) is 7.11 Å². The van der Waals surface area contributed by atoms with Crippen molar-refractivity contribution in [1.29, 1.82) is 0 Å². The molecule has 76 valence electrons. The van der Waals surface area contributed by atoms with Gasteiger partial charge in [0.1, 0.15) is 5.75 Å². The fourth-order valence-corrected chi connectivity index (χ4v) is 1.43. The second-order valence-corrected chi connectivity index (χ2v) is 2.97. The first-order valence-electron chi connectivity index (χ1n) is 4.32. The summed E-state index contributed by atoms with van der Waals surface area (Å²) in [6.07, 6.45) is 0.615. The van der Waals surface area contributed by atoms with Crippen molar-refractivity contribution in [1.82, 2.24) is 0 Å². The number of rotatable bonds is 2. The molecular formula is C11H8O4. The van der Waals surface area contributed by atoms with Crippen LogP contribution in [-0.4, -0.2) is 13.4 Å². The Kier molecular flexibility index (Phi) is 2.25. The molecule has 1 heterocycles. The molecule has 0 saturated heterocycles. The molecule has 0 atom stereocenters. The van der Waals surface area contributed by atoms with E-state index >= 15 is 0 Å². The molecule has 2 rings (SSSR count). The van der Waals surface area contributed by atoms with E-state index in [4.69, 9.17) is 9.15 Å². The maximum Gasteiger partial charge on any atom is 0.336 e. The number of methoxy groups -OCH3 is 1. The van der Waals surface area contributed by atoms with Gasteiger partial charge in [-0.3, -0.25) is 4.79 Å². The fraction of sp³-hybridized carbons (Fsp3) is 0.0909. The summed E-state index contributed by atoms with van der Waals surface area (Å²) in [6, 6.07) is 6.30. The first-order chi connectivity index (χ1) is 7.26. The summed E-state index contributed by atoms with van der Waals surface area (Å²) in [5.74, 6) is 0.395. The Morgan fingerprint density at radius 1 is 1.27 bits per heavy atom. The number of fused-ring (bicyclic) bond motifs is 1. The summed E-state index contributed by atoms with van der Waals surface area (Å²) in [5, 5.41) is 0.692. The van der Waals surface area contributed by atoms with Gasteiger partial charge in [-0.05, 0) is 18.2 Å². The zero-order chi connectivity index (χ0) is 10.8. The van der Waals surface area contributed by atoms with Crippen molar-refractivity contribution in [3.63, 3.8) is 0 Å². The number of benzene rings is 1. The van der Waals surface area contributed by atoms with Gasteiger partial charge < -0.3 is 9.15 Å². The van der Waals surface area contributed by atoms with Gasteiger partial charge in [-0.1, -0.05) is 0 Å². The molecule has 15 heavy (non-hydrogen) atoms. The number of ether oxygens (including phenoxy) is 1. The quantitative estimate of drug-likeness (QED) is 0.551. The lowest BCUT2D eigenvalue weighted by atomic mass is 10.1. The molecule has 2 aromatic rings. The molecule has 0 spiro atoms. The Hall–Kier alpha value is -2.10. The minimum atomic E-state index is -0.487. The molecule has 0 aliphatic carbocycles. The number of carbonyl (C=O) groups is 1. The molecule has 4 heteroatoms. The van der Waals surface area contributed by atoms with E-state index in [-0.39, 0.29) is 11.1 Å². The summed E-state index contributed by atoms with van der Waals surface area (Å²) in [4.78, 5) is 21.9. The molecule has 1 aromatic carbocycles. The Labute approximate surface area is 85.1 Å². The topological polar surface area (TPSA) is 56.5 Å².